The lowest BCUT2D eigenvalue weighted by Gasteiger charge is -2.17. The predicted octanol–water partition coefficient (Wildman–Crippen LogP) is 4.49. The summed E-state index contributed by atoms with van der Waals surface area (Å²) in [4.78, 5) is 11.8. The molecule has 6 nitrogen and oxygen atoms in total. The van der Waals surface area contributed by atoms with Crippen LogP contribution in [0, 0.1) is 6.92 Å². The number of anilines is 1. The topological polar surface area (TPSA) is 81.7 Å². The molecular weight excluding hydrogens is 378 g/mol. The van der Waals surface area contributed by atoms with Crippen LogP contribution in [0.1, 0.15) is 55.1 Å². The minimum atomic E-state index is -3.87. The molecule has 0 unspecified atom stereocenters. The van der Waals surface area contributed by atoms with E-state index in [1.165, 1.54) is 24.3 Å². The smallest absolute Gasteiger partial charge is 0.338 e. The number of rotatable bonds is 8. The van der Waals surface area contributed by atoms with E-state index in [0.29, 0.717) is 23.6 Å². The van der Waals surface area contributed by atoms with Gasteiger partial charge in [0.1, 0.15) is 10.6 Å². The largest absolute Gasteiger partial charge is 0.492 e. The van der Waals surface area contributed by atoms with Crippen molar-refractivity contribution in [1.29, 1.82) is 0 Å². The summed E-state index contributed by atoms with van der Waals surface area (Å²) in [6, 6.07) is 9.53. The molecule has 0 aliphatic carbocycles. The molecule has 0 fully saturated rings. The summed E-state index contributed by atoms with van der Waals surface area (Å²) < 4.78 is 39.1. The molecule has 0 aliphatic rings. The fraction of sp³-hybridized carbons (Fsp3) is 0.381. The number of benzene rings is 2. The maximum Gasteiger partial charge on any atom is 0.338 e. The molecule has 0 aromatic heterocycles. The molecule has 2 rings (SSSR count). The van der Waals surface area contributed by atoms with Crippen LogP contribution in [0.25, 0.3) is 0 Å². The van der Waals surface area contributed by atoms with E-state index >= 15 is 0 Å². The van der Waals surface area contributed by atoms with E-state index in [1.807, 2.05) is 27.7 Å². The highest BCUT2D eigenvalue weighted by molar-refractivity contribution is 7.92. The quantitative estimate of drug-likeness (QED) is 0.654. The highest BCUT2D eigenvalue weighted by Crippen LogP contribution is 2.32. The van der Waals surface area contributed by atoms with Crippen molar-refractivity contribution < 1.29 is 22.7 Å². The van der Waals surface area contributed by atoms with Crippen LogP contribution in [0.15, 0.2) is 41.3 Å². The zero-order valence-corrected chi connectivity index (χ0v) is 17.7. The number of ether oxygens (including phenoxy) is 2. The predicted molar refractivity (Wildman–Crippen MR) is 110 cm³/mol. The SMILES string of the molecule is CCOC(=O)c1ccc(NS(=O)(=O)c2cc(C(C)C)c(C)cc2OCC)cc1. The molecule has 2 aromatic rings. The molecule has 28 heavy (non-hydrogen) atoms. The zero-order chi connectivity index (χ0) is 20.9. The molecule has 152 valence electrons. The normalized spacial score (nSPS) is 11.4. The number of carbonyl (C=O) groups excluding carboxylic acids is 1. The van der Waals surface area contributed by atoms with Crippen molar-refractivity contribution in [1.82, 2.24) is 0 Å². The number of esters is 1. The third-order valence-electron chi connectivity index (χ3n) is 4.19. The molecule has 0 aliphatic heterocycles. The van der Waals surface area contributed by atoms with Crippen LogP contribution in [-0.2, 0) is 14.8 Å². The molecule has 0 heterocycles. The molecule has 1 N–H and O–H groups in total. The fourth-order valence-electron chi connectivity index (χ4n) is 2.88. The maximum absolute atomic E-state index is 13.0. The second-order valence-electron chi connectivity index (χ2n) is 6.65. The monoisotopic (exact) mass is 405 g/mol. The second kappa shape index (κ2) is 9.10. The number of aryl methyl sites for hydroxylation is 1. The van der Waals surface area contributed by atoms with Crippen molar-refractivity contribution in [2.24, 2.45) is 0 Å². The van der Waals surface area contributed by atoms with Gasteiger partial charge in [-0.3, -0.25) is 4.72 Å². The van der Waals surface area contributed by atoms with Gasteiger partial charge >= 0.3 is 5.97 Å². The maximum atomic E-state index is 13.0. The molecule has 0 bridgehead atoms. The number of nitrogens with one attached hydrogen (secondary N) is 1. The summed E-state index contributed by atoms with van der Waals surface area (Å²) in [7, 11) is -3.87. The first-order chi connectivity index (χ1) is 13.2. The summed E-state index contributed by atoms with van der Waals surface area (Å²) >= 11 is 0. The Balaban J connectivity index is 2.38. The van der Waals surface area contributed by atoms with E-state index in [1.54, 1.807) is 19.1 Å². The van der Waals surface area contributed by atoms with Crippen LogP contribution >= 0.6 is 0 Å². The van der Waals surface area contributed by atoms with Gasteiger partial charge in [-0.25, -0.2) is 13.2 Å². The number of sulfonamides is 1. The van der Waals surface area contributed by atoms with E-state index < -0.39 is 16.0 Å². The Morgan fingerprint density at radius 2 is 1.71 bits per heavy atom. The van der Waals surface area contributed by atoms with Crippen molar-refractivity contribution in [3.05, 3.63) is 53.1 Å². The van der Waals surface area contributed by atoms with Gasteiger partial charge in [-0.05, 0) is 74.2 Å². The van der Waals surface area contributed by atoms with Gasteiger partial charge < -0.3 is 9.47 Å². The molecule has 2 aromatic carbocycles. The highest BCUT2D eigenvalue weighted by atomic mass is 32.2. The second-order valence-corrected chi connectivity index (χ2v) is 8.30. The number of carbonyl (C=O) groups is 1. The summed E-state index contributed by atoms with van der Waals surface area (Å²) in [5.41, 5.74) is 2.64. The number of hydrogen-bond donors (Lipinski definition) is 1. The molecular formula is C21H27NO5S. The first kappa shape index (κ1) is 21.8. The lowest BCUT2D eigenvalue weighted by atomic mass is 9.98. The van der Waals surface area contributed by atoms with E-state index in [-0.39, 0.29) is 17.4 Å². The summed E-state index contributed by atoms with van der Waals surface area (Å²) in [6.45, 7) is 10.1. The Kier molecular flexibility index (Phi) is 7.07. The third kappa shape index (κ3) is 5.04. The molecule has 0 radical (unpaired) electrons. The van der Waals surface area contributed by atoms with Gasteiger partial charge in [0.15, 0.2) is 0 Å². The van der Waals surface area contributed by atoms with Crippen molar-refractivity contribution in [3.8, 4) is 5.75 Å². The molecule has 0 spiro atoms. The van der Waals surface area contributed by atoms with Crippen LogP contribution < -0.4 is 9.46 Å². The Morgan fingerprint density at radius 1 is 1.07 bits per heavy atom. The molecule has 0 atom stereocenters. The van der Waals surface area contributed by atoms with E-state index in [4.69, 9.17) is 9.47 Å². The average Bonchev–Trinajstić information content (AvgIpc) is 2.62. The van der Waals surface area contributed by atoms with Crippen molar-refractivity contribution in [2.75, 3.05) is 17.9 Å². The van der Waals surface area contributed by atoms with Crippen molar-refractivity contribution in [3.63, 3.8) is 0 Å². The van der Waals surface area contributed by atoms with Crippen molar-refractivity contribution in [2.45, 2.75) is 45.4 Å². The lowest BCUT2D eigenvalue weighted by Crippen LogP contribution is -2.16. The minimum absolute atomic E-state index is 0.0955. The molecule has 0 amide bonds. The van der Waals surface area contributed by atoms with Gasteiger partial charge in [0, 0.05) is 5.69 Å². The van der Waals surface area contributed by atoms with Gasteiger partial charge in [-0.15, -0.1) is 0 Å². The summed E-state index contributed by atoms with van der Waals surface area (Å²) in [6.07, 6.45) is 0. The number of hydrogen-bond acceptors (Lipinski definition) is 5. The molecule has 0 saturated carbocycles. The van der Waals surface area contributed by atoms with Gasteiger partial charge in [-0.2, -0.15) is 0 Å². The van der Waals surface area contributed by atoms with Gasteiger partial charge in [0.2, 0.25) is 0 Å². The Bertz CT molecular complexity index is 934. The summed E-state index contributed by atoms with van der Waals surface area (Å²) in [5.74, 6) is 0.0455. The molecule has 0 saturated heterocycles. The van der Waals surface area contributed by atoms with Crippen LogP contribution in [-0.4, -0.2) is 27.6 Å². The first-order valence-electron chi connectivity index (χ1n) is 9.26. The average molecular weight is 406 g/mol. The van der Waals surface area contributed by atoms with Crippen LogP contribution in [0.2, 0.25) is 0 Å². The summed E-state index contributed by atoms with van der Waals surface area (Å²) in [5, 5.41) is 0. The zero-order valence-electron chi connectivity index (χ0n) is 16.9. The third-order valence-corrected chi connectivity index (χ3v) is 5.59. The van der Waals surface area contributed by atoms with Gasteiger partial charge in [0.05, 0.1) is 18.8 Å². The standard InChI is InChI=1S/C21H27NO5S/c1-6-26-19-12-15(5)18(14(3)4)13-20(19)28(24,25)22-17-10-8-16(9-11-17)21(23)27-7-2/h8-14,22H,6-7H2,1-5H3. The Morgan fingerprint density at radius 3 is 2.25 bits per heavy atom. The first-order valence-corrected chi connectivity index (χ1v) is 10.7. The van der Waals surface area contributed by atoms with E-state index in [9.17, 15) is 13.2 Å². The fourth-order valence-corrected chi connectivity index (χ4v) is 4.10. The van der Waals surface area contributed by atoms with Crippen LogP contribution in [0.4, 0.5) is 5.69 Å². The highest BCUT2D eigenvalue weighted by Gasteiger charge is 2.23. The Labute approximate surface area is 166 Å². The molecule has 7 heteroatoms. The van der Waals surface area contributed by atoms with E-state index in [0.717, 1.165) is 11.1 Å². The van der Waals surface area contributed by atoms with Crippen LogP contribution in [0.3, 0.4) is 0 Å². The van der Waals surface area contributed by atoms with E-state index in [2.05, 4.69) is 4.72 Å². The van der Waals surface area contributed by atoms with Gasteiger partial charge in [0.25, 0.3) is 10.0 Å². The minimum Gasteiger partial charge on any atom is -0.492 e. The Hall–Kier alpha value is -2.54. The van der Waals surface area contributed by atoms with Gasteiger partial charge in [-0.1, -0.05) is 13.8 Å². The van der Waals surface area contributed by atoms with Crippen LogP contribution in [0.5, 0.6) is 5.75 Å². The lowest BCUT2D eigenvalue weighted by molar-refractivity contribution is 0.0526. The van der Waals surface area contributed by atoms with Crippen molar-refractivity contribution >= 4 is 21.7 Å².